The Morgan fingerprint density at radius 3 is 2.28 bits per heavy atom. The zero-order valence-electron chi connectivity index (χ0n) is 10.8. The van der Waals surface area contributed by atoms with E-state index in [4.69, 9.17) is 0 Å². The van der Waals surface area contributed by atoms with E-state index in [1.165, 1.54) is 12.8 Å². The van der Waals surface area contributed by atoms with Crippen LogP contribution >= 0.6 is 0 Å². The first-order valence-corrected chi connectivity index (χ1v) is 6.71. The molecular weight excluding hydrogens is 243 g/mol. The molecule has 1 atom stereocenters. The van der Waals surface area contributed by atoms with Gasteiger partial charge in [-0.1, -0.05) is 0 Å². The van der Waals surface area contributed by atoms with Gasteiger partial charge < -0.3 is 5.32 Å². The molecule has 0 bridgehead atoms. The maximum Gasteiger partial charge on any atom is 0.401 e. The topological polar surface area (TPSA) is 18.5 Å². The van der Waals surface area contributed by atoms with E-state index in [1.807, 2.05) is 6.92 Å². The van der Waals surface area contributed by atoms with Crippen LogP contribution in [-0.4, -0.2) is 67.3 Å². The van der Waals surface area contributed by atoms with E-state index in [9.17, 15) is 13.2 Å². The lowest BCUT2D eigenvalue weighted by atomic mass is 10.2. The van der Waals surface area contributed by atoms with E-state index >= 15 is 0 Å². The molecule has 1 N–H and O–H groups in total. The summed E-state index contributed by atoms with van der Waals surface area (Å²) in [7, 11) is 0. The van der Waals surface area contributed by atoms with Gasteiger partial charge in [0.25, 0.3) is 0 Å². The Morgan fingerprint density at radius 2 is 1.78 bits per heavy atom. The molecule has 2 rings (SSSR count). The van der Waals surface area contributed by atoms with Gasteiger partial charge in [0.2, 0.25) is 0 Å². The predicted molar refractivity (Wildman–Crippen MR) is 64.6 cm³/mol. The molecule has 2 aliphatic rings. The minimum Gasteiger partial charge on any atom is -0.307 e. The first kappa shape index (κ1) is 14.1. The zero-order valence-corrected chi connectivity index (χ0v) is 10.8. The van der Waals surface area contributed by atoms with Gasteiger partial charge in [0.15, 0.2) is 0 Å². The highest BCUT2D eigenvalue weighted by Gasteiger charge is 2.32. The highest BCUT2D eigenvalue weighted by Crippen LogP contribution is 2.27. The van der Waals surface area contributed by atoms with Crippen LogP contribution in [0.5, 0.6) is 0 Å². The van der Waals surface area contributed by atoms with Crippen molar-refractivity contribution >= 4 is 0 Å². The SMILES string of the molecule is CC(CNCC(F)(F)F)N1CCN(C2CC2)CC1. The molecule has 18 heavy (non-hydrogen) atoms. The average molecular weight is 265 g/mol. The summed E-state index contributed by atoms with van der Waals surface area (Å²) in [6, 6.07) is 0.972. The molecule has 6 heteroatoms. The van der Waals surface area contributed by atoms with Gasteiger partial charge in [-0.2, -0.15) is 13.2 Å². The molecule has 0 spiro atoms. The van der Waals surface area contributed by atoms with Crippen molar-refractivity contribution in [1.29, 1.82) is 0 Å². The Labute approximate surface area is 106 Å². The molecule has 1 aliphatic carbocycles. The van der Waals surface area contributed by atoms with Crippen LogP contribution < -0.4 is 5.32 Å². The monoisotopic (exact) mass is 265 g/mol. The van der Waals surface area contributed by atoms with Crippen LogP contribution in [0.3, 0.4) is 0 Å². The average Bonchev–Trinajstić information content (AvgIpc) is 3.11. The van der Waals surface area contributed by atoms with E-state index < -0.39 is 12.7 Å². The van der Waals surface area contributed by atoms with Gasteiger partial charge in [-0.25, -0.2) is 0 Å². The van der Waals surface area contributed by atoms with E-state index in [0.29, 0.717) is 6.54 Å². The van der Waals surface area contributed by atoms with E-state index in [1.54, 1.807) is 0 Å². The Morgan fingerprint density at radius 1 is 1.17 bits per heavy atom. The molecular formula is C12H22F3N3. The second kappa shape index (κ2) is 5.75. The third-order valence-electron chi connectivity index (χ3n) is 3.80. The number of hydrogen-bond acceptors (Lipinski definition) is 3. The summed E-state index contributed by atoms with van der Waals surface area (Å²) >= 11 is 0. The van der Waals surface area contributed by atoms with Gasteiger partial charge in [0, 0.05) is 44.8 Å². The van der Waals surface area contributed by atoms with E-state index in [0.717, 1.165) is 32.2 Å². The van der Waals surface area contributed by atoms with Crippen molar-refractivity contribution in [3.63, 3.8) is 0 Å². The molecule has 3 nitrogen and oxygen atoms in total. The summed E-state index contributed by atoms with van der Waals surface area (Å²) in [6.45, 7) is 5.60. The lowest BCUT2D eigenvalue weighted by Crippen LogP contribution is -2.52. The number of hydrogen-bond donors (Lipinski definition) is 1. The second-order valence-corrected chi connectivity index (χ2v) is 5.40. The Balaban J connectivity index is 1.62. The van der Waals surface area contributed by atoms with Gasteiger partial charge in [-0.15, -0.1) is 0 Å². The molecule has 1 saturated heterocycles. The quantitative estimate of drug-likeness (QED) is 0.808. The highest BCUT2D eigenvalue weighted by atomic mass is 19.4. The Kier molecular flexibility index (Phi) is 4.50. The van der Waals surface area contributed by atoms with Crippen molar-refractivity contribution in [2.75, 3.05) is 39.3 Å². The standard InChI is InChI=1S/C12H22F3N3/c1-10(8-16-9-12(13,14)15)17-4-6-18(7-5-17)11-2-3-11/h10-11,16H,2-9H2,1H3. The van der Waals surface area contributed by atoms with Crippen LogP contribution in [0, 0.1) is 0 Å². The maximum absolute atomic E-state index is 12.0. The molecule has 106 valence electrons. The first-order valence-electron chi connectivity index (χ1n) is 6.71. The summed E-state index contributed by atoms with van der Waals surface area (Å²) in [6.07, 6.45) is -1.46. The fourth-order valence-corrected chi connectivity index (χ4v) is 2.53. The number of nitrogens with zero attached hydrogens (tertiary/aromatic N) is 2. The van der Waals surface area contributed by atoms with Crippen LogP contribution in [0.25, 0.3) is 0 Å². The minimum absolute atomic E-state index is 0.175. The zero-order chi connectivity index (χ0) is 13.2. The number of piperazine rings is 1. The number of alkyl halides is 3. The molecule has 0 aromatic heterocycles. The van der Waals surface area contributed by atoms with Crippen LogP contribution in [-0.2, 0) is 0 Å². The fourth-order valence-electron chi connectivity index (χ4n) is 2.53. The molecule has 0 amide bonds. The van der Waals surface area contributed by atoms with Crippen molar-refractivity contribution < 1.29 is 13.2 Å². The van der Waals surface area contributed by atoms with Crippen molar-refractivity contribution in [1.82, 2.24) is 15.1 Å². The van der Waals surface area contributed by atoms with Gasteiger partial charge in [0.05, 0.1) is 6.54 Å². The van der Waals surface area contributed by atoms with Gasteiger partial charge >= 0.3 is 6.18 Å². The predicted octanol–water partition coefficient (Wildman–Crippen LogP) is 1.31. The minimum atomic E-state index is -4.11. The van der Waals surface area contributed by atoms with E-state index in [-0.39, 0.29) is 6.04 Å². The number of halogens is 3. The van der Waals surface area contributed by atoms with Crippen LogP contribution in [0.15, 0.2) is 0 Å². The smallest absolute Gasteiger partial charge is 0.307 e. The molecule has 0 radical (unpaired) electrons. The molecule has 0 aromatic rings. The summed E-state index contributed by atoms with van der Waals surface area (Å²) < 4.78 is 36.0. The Hall–Kier alpha value is -0.330. The summed E-state index contributed by atoms with van der Waals surface area (Å²) in [5, 5.41) is 2.49. The third kappa shape index (κ3) is 4.40. The number of nitrogens with one attached hydrogen (secondary N) is 1. The lowest BCUT2D eigenvalue weighted by molar-refractivity contribution is -0.125. The molecule has 2 fully saturated rings. The summed E-state index contributed by atoms with van der Waals surface area (Å²) in [5.74, 6) is 0. The van der Waals surface area contributed by atoms with Crippen molar-refractivity contribution in [2.45, 2.75) is 38.0 Å². The van der Waals surface area contributed by atoms with Crippen molar-refractivity contribution in [3.8, 4) is 0 Å². The van der Waals surface area contributed by atoms with Gasteiger partial charge in [0.1, 0.15) is 0 Å². The van der Waals surface area contributed by atoms with Gasteiger partial charge in [-0.05, 0) is 19.8 Å². The lowest BCUT2D eigenvalue weighted by Gasteiger charge is -2.38. The van der Waals surface area contributed by atoms with Crippen LogP contribution in [0.4, 0.5) is 13.2 Å². The molecule has 1 heterocycles. The van der Waals surface area contributed by atoms with Crippen molar-refractivity contribution in [3.05, 3.63) is 0 Å². The third-order valence-corrected chi connectivity index (χ3v) is 3.80. The second-order valence-electron chi connectivity index (χ2n) is 5.40. The largest absolute Gasteiger partial charge is 0.401 e. The normalized spacial score (nSPS) is 25.3. The summed E-state index contributed by atoms with van der Waals surface area (Å²) in [5.41, 5.74) is 0. The molecule has 1 unspecified atom stereocenters. The molecule has 0 aromatic carbocycles. The van der Waals surface area contributed by atoms with E-state index in [2.05, 4.69) is 15.1 Å². The maximum atomic E-state index is 12.0. The molecule has 1 saturated carbocycles. The van der Waals surface area contributed by atoms with Crippen molar-refractivity contribution in [2.24, 2.45) is 0 Å². The van der Waals surface area contributed by atoms with Crippen LogP contribution in [0.1, 0.15) is 19.8 Å². The summed E-state index contributed by atoms with van der Waals surface area (Å²) in [4.78, 5) is 4.79. The highest BCUT2D eigenvalue weighted by molar-refractivity contribution is 4.88. The number of rotatable bonds is 5. The van der Waals surface area contributed by atoms with Crippen LogP contribution in [0.2, 0.25) is 0 Å². The van der Waals surface area contributed by atoms with Gasteiger partial charge in [-0.3, -0.25) is 9.80 Å². The first-order chi connectivity index (χ1) is 8.46. The Bertz CT molecular complexity index is 258. The fraction of sp³-hybridized carbons (Fsp3) is 1.00. The molecule has 1 aliphatic heterocycles.